The van der Waals surface area contributed by atoms with Crippen molar-refractivity contribution in [3.63, 3.8) is 0 Å². The minimum Gasteiger partial charge on any atom is -0.469 e. The van der Waals surface area contributed by atoms with Crippen LogP contribution in [0.15, 0.2) is 48.6 Å². The average molecular weight is 490 g/mol. The van der Waals surface area contributed by atoms with Gasteiger partial charge < -0.3 is 14.7 Å². The molecular weight excluding hydrogens is 458 g/mol. The van der Waals surface area contributed by atoms with Crippen molar-refractivity contribution in [1.82, 2.24) is 4.90 Å². The standard InChI is InChI=1S/C26H32ClNO4S/c1-32-25(31)13-4-2-3-7-18-28-19(9-8-12-24(28)30)14-15-20(29)16-17-23-26(27)21-10-5-6-11-22(21)33-23/h3,5-7,10-11,14-15,19-20,29H,2,4,8-9,12-13,16-18H2,1H3/b7-3-,15-14+/t19-,20?/m1/s1. The third-order valence-electron chi connectivity index (χ3n) is 5.88. The van der Waals surface area contributed by atoms with E-state index in [1.165, 1.54) is 7.11 Å². The van der Waals surface area contributed by atoms with Gasteiger partial charge in [0.25, 0.3) is 0 Å². The molecule has 1 aromatic carbocycles. The molecule has 1 N–H and O–H groups in total. The van der Waals surface area contributed by atoms with Crippen LogP contribution in [-0.4, -0.2) is 47.7 Å². The van der Waals surface area contributed by atoms with E-state index in [-0.39, 0.29) is 17.9 Å². The maximum Gasteiger partial charge on any atom is 0.305 e. The van der Waals surface area contributed by atoms with Crippen LogP contribution in [0.3, 0.4) is 0 Å². The van der Waals surface area contributed by atoms with Crippen molar-refractivity contribution in [2.45, 2.75) is 63.5 Å². The van der Waals surface area contributed by atoms with Crippen LogP contribution in [0.2, 0.25) is 5.02 Å². The molecule has 0 radical (unpaired) electrons. The highest BCUT2D eigenvalue weighted by Gasteiger charge is 2.25. The first-order chi connectivity index (χ1) is 16.0. The maximum absolute atomic E-state index is 12.5. The Labute approximate surface area is 204 Å². The average Bonchev–Trinajstić information content (AvgIpc) is 3.15. The molecule has 1 aliphatic heterocycles. The summed E-state index contributed by atoms with van der Waals surface area (Å²) in [6.07, 6.45) is 12.7. The van der Waals surface area contributed by atoms with Gasteiger partial charge in [0.2, 0.25) is 5.91 Å². The topological polar surface area (TPSA) is 66.8 Å². The van der Waals surface area contributed by atoms with Crippen LogP contribution in [0, 0.1) is 0 Å². The number of carbonyl (C=O) groups excluding carboxylic acids is 2. The lowest BCUT2D eigenvalue weighted by Gasteiger charge is -2.33. The van der Waals surface area contributed by atoms with Gasteiger partial charge in [0.15, 0.2) is 0 Å². The number of hydrogen-bond donors (Lipinski definition) is 1. The van der Waals surface area contributed by atoms with Crippen LogP contribution in [-0.2, 0) is 20.7 Å². The Morgan fingerprint density at radius 1 is 1.36 bits per heavy atom. The number of fused-ring (bicyclic) bond motifs is 1. The summed E-state index contributed by atoms with van der Waals surface area (Å²) < 4.78 is 5.80. The predicted molar refractivity (Wildman–Crippen MR) is 135 cm³/mol. The van der Waals surface area contributed by atoms with Gasteiger partial charge in [0.1, 0.15) is 0 Å². The van der Waals surface area contributed by atoms with Crippen molar-refractivity contribution in [3.8, 4) is 0 Å². The number of methoxy groups -OCH3 is 1. The van der Waals surface area contributed by atoms with Crippen molar-refractivity contribution >= 4 is 44.9 Å². The number of aliphatic hydroxyl groups is 1. The molecule has 0 aliphatic carbocycles. The number of piperidine rings is 1. The zero-order valence-electron chi connectivity index (χ0n) is 19.0. The first-order valence-electron chi connectivity index (χ1n) is 11.5. The van der Waals surface area contributed by atoms with Crippen LogP contribution in [0.25, 0.3) is 10.1 Å². The summed E-state index contributed by atoms with van der Waals surface area (Å²) in [5, 5.41) is 12.4. The number of nitrogens with zero attached hydrogens (tertiary/aromatic N) is 1. The molecule has 178 valence electrons. The smallest absolute Gasteiger partial charge is 0.305 e. The molecule has 0 saturated carbocycles. The zero-order chi connectivity index (χ0) is 23.6. The van der Waals surface area contributed by atoms with Gasteiger partial charge in [0.05, 0.1) is 24.3 Å². The van der Waals surface area contributed by atoms with Crippen LogP contribution in [0.5, 0.6) is 0 Å². The molecule has 33 heavy (non-hydrogen) atoms. The van der Waals surface area contributed by atoms with E-state index >= 15 is 0 Å². The highest BCUT2D eigenvalue weighted by Crippen LogP contribution is 2.36. The van der Waals surface area contributed by atoms with Gasteiger partial charge in [-0.1, -0.05) is 54.1 Å². The molecule has 1 fully saturated rings. The number of likely N-dealkylation sites (tertiary alicyclic amines) is 1. The van der Waals surface area contributed by atoms with Gasteiger partial charge in [-0.2, -0.15) is 0 Å². The molecule has 1 saturated heterocycles. The van der Waals surface area contributed by atoms with Gasteiger partial charge in [-0.25, -0.2) is 0 Å². The molecular formula is C26H32ClNO4S. The van der Waals surface area contributed by atoms with E-state index < -0.39 is 6.10 Å². The first-order valence-corrected chi connectivity index (χ1v) is 12.7. The Bertz CT molecular complexity index is 999. The van der Waals surface area contributed by atoms with E-state index in [1.54, 1.807) is 11.3 Å². The number of aliphatic hydroxyl groups excluding tert-OH is 1. The first kappa shape index (κ1) is 25.5. The number of carbonyl (C=O) groups is 2. The van der Waals surface area contributed by atoms with Gasteiger partial charge in [-0.3, -0.25) is 9.59 Å². The van der Waals surface area contributed by atoms with Crippen LogP contribution in [0.1, 0.15) is 49.8 Å². The fourth-order valence-corrected chi connectivity index (χ4v) is 5.56. The number of aryl methyl sites for hydroxylation is 1. The van der Waals surface area contributed by atoms with Crippen molar-refractivity contribution in [1.29, 1.82) is 0 Å². The van der Waals surface area contributed by atoms with E-state index in [0.717, 1.165) is 45.7 Å². The second-order valence-corrected chi connectivity index (χ2v) is 9.79. The minimum atomic E-state index is -0.584. The molecule has 1 unspecified atom stereocenters. The molecule has 2 aromatic rings. The molecule has 5 nitrogen and oxygen atoms in total. The van der Waals surface area contributed by atoms with E-state index in [1.807, 2.05) is 47.4 Å². The van der Waals surface area contributed by atoms with Crippen molar-refractivity contribution < 1.29 is 19.4 Å². The second-order valence-electron chi connectivity index (χ2n) is 8.27. The quantitative estimate of drug-likeness (QED) is 0.250. The second kappa shape index (κ2) is 12.9. The monoisotopic (exact) mass is 489 g/mol. The largest absolute Gasteiger partial charge is 0.469 e. The highest BCUT2D eigenvalue weighted by atomic mass is 35.5. The summed E-state index contributed by atoms with van der Waals surface area (Å²) in [6.45, 7) is 0.541. The summed E-state index contributed by atoms with van der Waals surface area (Å²) in [5.74, 6) is -0.0605. The third-order valence-corrected chi connectivity index (χ3v) is 7.66. The van der Waals surface area contributed by atoms with Gasteiger partial charge >= 0.3 is 5.97 Å². The van der Waals surface area contributed by atoms with Gasteiger partial charge in [0, 0.05) is 34.3 Å². The number of hydrogen-bond acceptors (Lipinski definition) is 5. The lowest BCUT2D eigenvalue weighted by molar-refractivity contribution is -0.140. The Hall–Kier alpha value is -2.15. The zero-order valence-corrected chi connectivity index (χ0v) is 20.6. The fraction of sp³-hybridized carbons (Fsp3) is 0.462. The number of allylic oxidation sites excluding steroid dienone is 1. The molecule has 0 spiro atoms. The third kappa shape index (κ3) is 7.42. The van der Waals surface area contributed by atoms with E-state index in [0.29, 0.717) is 32.2 Å². The summed E-state index contributed by atoms with van der Waals surface area (Å²) in [6, 6.07) is 8.07. The summed E-state index contributed by atoms with van der Waals surface area (Å²) >= 11 is 8.19. The van der Waals surface area contributed by atoms with Crippen LogP contribution >= 0.6 is 22.9 Å². The molecule has 1 amide bonds. The number of thiophene rings is 1. The number of esters is 1. The Balaban J connectivity index is 1.49. The number of rotatable bonds is 11. The molecule has 1 aromatic heterocycles. The Morgan fingerprint density at radius 3 is 2.97 bits per heavy atom. The maximum atomic E-state index is 12.5. The van der Waals surface area contributed by atoms with E-state index in [2.05, 4.69) is 10.8 Å². The number of unbranched alkanes of at least 4 members (excludes halogenated alkanes) is 1. The number of ether oxygens (including phenoxy) is 1. The van der Waals surface area contributed by atoms with Crippen LogP contribution in [0.4, 0.5) is 0 Å². The van der Waals surface area contributed by atoms with E-state index in [4.69, 9.17) is 11.6 Å². The normalized spacial score (nSPS) is 18.0. The molecule has 2 atom stereocenters. The van der Waals surface area contributed by atoms with Crippen molar-refractivity contribution in [2.24, 2.45) is 0 Å². The molecule has 2 heterocycles. The number of amides is 1. The SMILES string of the molecule is COC(=O)CCC/C=C\CN1C(=O)CCC[C@@H]1/C=C/C(O)CCc1sc2ccccc2c1Cl. The van der Waals surface area contributed by atoms with E-state index in [9.17, 15) is 14.7 Å². The highest BCUT2D eigenvalue weighted by molar-refractivity contribution is 7.19. The Morgan fingerprint density at radius 2 is 2.18 bits per heavy atom. The molecule has 3 rings (SSSR count). The summed E-state index contributed by atoms with van der Waals surface area (Å²) in [7, 11) is 1.39. The molecule has 1 aliphatic rings. The van der Waals surface area contributed by atoms with Gasteiger partial charge in [-0.15, -0.1) is 11.3 Å². The summed E-state index contributed by atoms with van der Waals surface area (Å²) in [4.78, 5) is 26.6. The predicted octanol–water partition coefficient (Wildman–Crippen LogP) is 5.69. The fourth-order valence-electron chi connectivity index (χ4n) is 4.01. The number of benzene rings is 1. The molecule has 0 bridgehead atoms. The van der Waals surface area contributed by atoms with Crippen LogP contribution < -0.4 is 0 Å². The van der Waals surface area contributed by atoms with Gasteiger partial charge in [-0.05, 0) is 44.6 Å². The minimum absolute atomic E-state index is 0.00599. The molecule has 7 heteroatoms. The van der Waals surface area contributed by atoms with Crippen molar-refractivity contribution in [3.05, 3.63) is 58.5 Å². The summed E-state index contributed by atoms with van der Waals surface area (Å²) in [5.41, 5.74) is 0. The van der Waals surface area contributed by atoms with Crippen molar-refractivity contribution in [2.75, 3.05) is 13.7 Å². The Kier molecular flexibility index (Phi) is 9.97. The lowest BCUT2D eigenvalue weighted by Crippen LogP contribution is -2.42. The lowest BCUT2D eigenvalue weighted by atomic mass is 10.00. The number of halogens is 1.